The zero-order valence-corrected chi connectivity index (χ0v) is 14.4. The van der Waals surface area contributed by atoms with Gasteiger partial charge in [0.1, 0.15) is 11.5 Å². The summed E-state index contributed by atoms with van der Waals surface area (Å²) in [5.41, 5.74) is 0.683. The van der Waals surface area contributed by atoms with E-state index in [1.165, 1.54) is 43.5 Å². The summed E-state index contributed by atoms with van der Waals surface area (Å²) in [4.78, 5) is 25.5. The van der Waals surface area contributed by atoms with Crippen molar-refractivity contribution in [2.24, 2.45) is 0 Å². The molecule has 134 valence electrons. The first kappa shape index (κ1) is 17.8. The number of ether oxygens (including phenoxy) is 1. The maximum absolute atomic E-state index is 13.8. The van der Waals surface area contributed by atoms with Gasteiger partial charge >= 0.3 is 6.03 Å². The average Bonchev–Trinajstić information content (AvgIpc) is 2.87. The van der Waals surface area contributed by atoms with Gasteiger partial charge in [0.25, 0.3) is 5.91 Å². The molecule has 2 N–H and O–H groups in total. The number of hydrogen-bond acceptors (Lipinski definition) is 4. The monoisotopic (exact) mass is 376 g/mol. The summed E-state index contributed by atoms with van der Waals surface area (Å²) in [5, 5.41) is 12.2. The molecule has 26 heavy (non-hydrogen) atoms. The number of carbonyl (C=O) groups excluding carboxylic acids is 2. The maximum Gasteiger partial charge on any atom is 0.329 e. The van der Waals surface area contributed by atoms with Crippen molar-refractivity contribution >= 4 is 29.6 Å². The number of nitrogens with one attached hydrogen (secondary N) is 1. The minimum absolute atomic E-state index is 0.00940. The molecule has 0 saturated carbocycles. The number of halogens is 2. The van der Waals surface area contributed by atoms with Gasteiger partial charge in [0, 0.05) is 5.56 Å². The molecule has 0 spiro atoms. The van der Waals surface area contributed by atoms with E-state index >= 15 is 0 Å². The largest absolute Gasteiger partial charge is 0.503 e. The number of amides is 3. The molecule has 3 amide bonds. The third-order valence-corrected chi connectivity index (χ3v) is 4.12. The molecule has 0 aromatic heterocycles. The van der Waals surface area contributed by atoms with E-state index in [9.17, 15) is 19.1 Å². The fraction of sp³-hybridized carbons (Fsp3) is 0.111. The van der Waals surface area contributed by atoms with Gasteiger partial charge in [-0.25, -0.2) is 9.18 Å². The third-order valence-electron chi connectivity index (χ3n) is 3.83. The quantitative estimate of drug-likeness (QED) is 0.634. The van der Waals surface area contributed by atoms with E-state index in [4.69, 9.17) is 16.3 Å². The topological polar surface area (TPSA) is 78.9 Å². The highest BCUT2D eigenvalue weighted by Crippen LogP contribution is 2.35. The molecular weight excluding hydrogens is 363 g/mol. The van der Waals surface area contributed by atoms with Crippen molar-refractivity contribution in [2.45, 2.75) is 6.54 Å². The van der Waals surface area contributed by atoms with E-state index in [-0.39, 0.29) is 34.3 Å². The molecule has 0 aliphatic carbocycles. The number of carbonyl (C=O) groups is 2. The van der Waals surface area contributed by atoms with Gasteiger partial charge in [-0.2, -0.15) is 0 Å². The SMILES string of the molecule is COc1cc(/C=C2\NC(=O)N(Cc3ccccc3F)C2=O)cc(Cl)c1O. The lowest BCUT2D eigenvalue weighted by molar-refractivity contribution is -0.123. The van der Waals surface area contributed by atoms with E-state index < -0.39 is 17.8 Å². The zero-order valence-electron chi connectivity index (χ0n) is 13.6. The van der Waals surface area contributed by atoms with Gasteiger partial charge in [0.15, 0.2) is 11.5 Å². The van der Waals surface area contributed by atoms with Crippen molar-refractivity contribution in [3.63, 3.8) is 0 Å². The highest BCUT2D eigenvalue weighted by molar-refractivity contribution is 6.32. The summed E-state index contributed by atoms with van der Waals surface area (Å²) in [6.07, 6.45) is 1.40. The normalized spacial score (nSPS) is 15.5. The van der Waals surface area contributed by atoms with Crippen LogP contribution in [0.5, 0.6) is 11.5 Å². The number of imide groups is 1. The molecule has 0 atom stereocenters. The van der Waals surface area contributed by atoms with Crippen LogP contribution in [0.25, 0.3) is 6.08 Å². The number of phenolic OH excluding ortho intramolecular Hbond substituents is 1. The predicted octanol–water partition coefficient (Wildman–Crippen LogP) is 3.29. The molecule has 2 aromatic rings. The number of phenols is 1. The standard InChI is InChI=1S/C18H14ClFN2O4/c1-26-15-8-10(6-12(19)16(15)23)7-14-17(24)22(18(25)21-14)9-11-4-2-3-5-13(11)20/h2-8,23H,9H2,1H3,(H,21,25)/b14-7-. The van der Waals surface area contributed by atoms with Gasteiger partial charge in [0.05, 0.1) is 18.7 Å². The fourth-order valence-corrected chi connectivity index (χ4v) is 2.73. The highest BCUT2D eigenvalue weighted by Gasteiger charge is 2.34. The van der Waals surface area contributed by atoms with Crippen LogP contribution in [0.3, 0.4) is 0 Å². The molecule has 3 rings (SSSR count). The Bertz CT molecular complexity index is 929. The van der Waals surface area contributed by atoms with E-state index in [0.717, 1.165) is 4.90 Å². The zero-order chi connectivity index (χ0) is 18.8. The van der Waals surface area contributed by atoms with E-state index in [0.29, 0.717) is 5.56 Å². The summed E-state index contributed by atoms with van der Waals surface area (Å²) in [5.74, 6) is -1.19. The Kier molecular flexibility index (Phi) is 4.81. The lowest BCUT2D eigenvalue weighted by Gasteiger charge is -2.12. The smallest absolute Gasteiger partial charge is 0.329 e. The second kappa shape index (κ2) is 7.05. The van der Waals surface area contributed by atoms with Crippen LogP contribution in [-0.2, 0) is 11.3 Å². The van der Waals surface area contributed by atoms with Crippen LogP contribution in [0.15, 0.2) is 42.1 Å². The van der Waals surface area contributed by atoms with Gasteiger partial charge in [-0.05, 0) is 29.8 Å². The van der Waals surface area contributed by atoms with E-state index in [1.807, 2.05) is 0 Å². The van der Waals surface area contributed by atoms with Gasteiger partial charge in [-0.3, -0.25) is 9.69 Å². The molecule has 8 heteroatoms. The summed E-state index contributed by atoms with van der Waals surface area (Å²) in [7, 11) is 1.36. The highest BCUT2D eigenvalue weighted by atomic mass is 35.5. The third kappa shape index (κ3) is 3.34. The second-order valence-corrected chi connectivity index (χ2v) is 5.93. The number of methoxy groups -OCH3 is 1. The van der Waals surface area contributed by atoms with E-state index in [1.54, 1.807) is 6.07 Å². The molecule has 1 saturated heterocycles. The number of rotatable bonds is 4. The summed E-state index contributed by atoms with van der Waals surface area (Å²) < 4.78 is 18.8. The number of benzene rings is 2. The summed E-state index contributed by atoms with van der Waals surface area (Å²) in [6, 6.07) is 8.15. The van der Waals surface area contributed by atoms with Gasteiger partial charge in [-0.15, -0.1) is 0 Å². The number of urea groups is 1. The van der Waals surface area contributed by atoms with Crippen molar-refractivity contribution in [1.82, 2.24) is 10.2 Å². The molecular formula is C18H14ClFN2O4. The van der Waals surface area contributed by atoms with Crippen LogP contribution in [0.4, 0.5) is 9.18 Å². The average molecular weight is 377 g/mol. The molecule has 0 unspecified atom stereocenters. The maximum atomic E-state index is 13.8. The van der Waals surface area contributed by atoms with Crippen molar-refractivity contribution in [3.05, 3.63) is 64.1 Å². The number of nitrogens with zero attached hydrogens (tertiary/aromatic N) is 1. The molecule has 2 aromatic carbocycles. The van der Waals surface area contributed by atoms with Crippen LogP contribution >= 0.6 is 11.6 Å². The van der Waals surface area contributed by atoms with Crippen LogP contribution in [0, 0.1) is 5.82 Å². The van der Waals surface area contributed by atoms with Crippen LogP contribution < -0.4 is 10.1 Å². The van der Waals surface area contributed by atoms with Crippen molar-refractivity contribution in [1.29, 1.82) is 0 Å². The number of hydrogen-bond donors (Lipinski definition) is 2. The number of aromatic hydroxyl groups is 1. The molecule has 1 aliphatic rings. The Balaban J connectivity index is 1.88. The minimum atomic E-state index is -0.652. The Morgan fingerprint density at radius 1 is 1.31 bits per heavy atom. The summed E-state index contributed by atoms with van der Waals surface area (Å²) in [6.45, 7) is -0.186. The Hall–Kier alpha value is -3.06. The first-order valence-corrected chi connectivity index (χ1v) is 7.93. The van der Waals surface area contributed by atoms with Crippen molar-refractivity contribution < 1.29 is 23.8 Å². The molecule has 0 bridgehead atoms. The molecule has 1 aliphatic heterocycles. The van der Waals surface area contributed by atoms with Gasteiger partial charge < -0.3 is 15.2 Å². The predicted molar refractivity (Wildman–Crippen MR) is 93.1 cm³/mol. The van der Waals surface area contributed by atoms with Crippen LogP contribution in [0.2, 0.25) is 5.02 Å². The lowest BCUT2D eigenvalue weighted by atomic mass is 10.1. The molecule has 1 fully saturated rings. The molecule has 6 nitrogen and oxygen atoms in total. The first-order valence-electron chi connectivity index (χ1n) is 7.55. The van der Waals surface area contributed by atoms with Crippen LogP contribution in [-0.4, -0.2) is 29.1 Å². The van der Waals surface area contributed by atoms with Crippen LogP contribution in [0.1, 0.15) is 11.1 Å². The molecule has 1 heterocycles. The van der Waals surface area contributed by atoms with Gasteiger partial charge in [0.2, 0.25) is 0 Å². The second-order valence-electron chi connectivity index (χ2n) is 5.52. The molecule has 0 radical (unpaired) electrons. The Labute approximate surface area is 153 Å². The van der Waals surface area contributed by atoms with E-state index in [2.05, 4.69) is 5.32 Å². The first-order chi connectivity index (χ1) is 12.4. The Morgan fingerprint density at radius 2 is 2.04 bits per heavy atom. The lowest BCUT2D eigenvalue weighted by Crippen LogP contribution is -2.30. The summed E-state index contributed by atoms with van der Waals surface area (Å²) >= 11 is 5.92. The van der Waals surface area contributed by atoms with Crippen molar-refractivity contribution in [3.8, 4) is 11.5 Å². The Morgan fingerprint density at radius 3 is 2.73 bits per heavy atom. The van der Waals surface area contributed by atoms with Gasteiger partial charge in [-0.1, -0.05) is 29.8 Å². The fourth-order valence-electron chi connectivity index (χ4n) is 2.51. The minimum Gasteiger partial charge on any atom is -0.503 e. The van der Waals surface area contributed by atoms with Crippen molar-refractivity contribution in [2.75, 3.05) is 7.11 Å².